The lowest BCUT2D eigenvalue weighted by molar-refractivity contribution is -0.141. The number of carbonyl (C=O) groups excluding carboxylic acids is 4. The topological polar surface area (TPSA) is 86.8 Å². The van der Waals surface area contributed by atoms with Gasteiger partial charge in [0.15, 0.2) is 0 Å². The van der Waals surface area contributed by atoms with E-state index in [-0.39, 0.29) is 43.1 Å². The van der Waals surface area contributed by atoms with E-state index in [1.54, 1.807) is 36.2 Å². The van der Waals surface area contributed by atoms with Crippen molar-refractivity contribution in [3.05, 3.63) is 106 Å². The molecule has 0 saturated carbocycles. The number of nitrogens with one attached hydrogen (secondary N) is 1. The molecule has 8 heteroatoms. The van der Waals surface area contributed by atoms with Crippen LogP contribution in [0.15, 0.2) is 83.3 Å². The van der Waals surface area contributed by atoms with Crippen LogP contribution in [0.5, 0.6) is 0 Å². The standard InChI is InChI=1S/C29H28BrN3O4/c1-31-27(35)25(18-20-8-3-2-4-9-20)33(19-21-13-15-22(30)16-14-21)26(34)12-7-17-32-28(36)23-10-5-6-11-24(23)29(32)37/h2-6,8-11,13-16,25H,7,12,17-19H2,1H3,(H,31,35). The molecule has 1 unspecified atom stereocenters. The minimum atomic E-state index is -0.720. The van der Waals surface area contributed by atoms with Crippen LogP contribution < -0.4 is 5.32 Å². The Bertz CT molecular complexity index is 1260. The van der Waals surface area contributed by atoms with E-state index in [9.17, 15) is 19.2 Å². The van der Waals surface area contributed by atoms with E-state index < -0.39 is 6.04 Å². The van der Waals surface area contributed by atoms with Gasteiger partial charge in [0.1, 0.15) is 6.04 Å². The van der Waals surface area contributed by atoms with Crippen LogP contribution in [0, 0.1) is 0 Å². The Morgan fingerprint density at radius 2 is 1.46 bits per heavy atom. The van der Waals surface area contributed by atoms with Gasteiger partial charge in [-0.2, -0.15) is 0 Å². The molecule has 3 aromatic rings. The Hall–Kier alpha value is -3.78. The normalized spacial score (nSPS) is 13.3. The first-order chi connectivity index (χ1) is 17.9. The van der Waals surface area contributed by atoms with Gasteiger partial charge in [0.2, 0.25) is 11.8 Å². The summed E-state index contributed by atoms with van der Waals surface area (Å²) in [6, 6.07) is 23.2. The fourth-order valence-corrected chi connectivity index (χ4v) is 4.75. The molecule has 1 heterocycles. The van der Waals surface area contributed by atoms with Crippen LogP contribution >= 0.6 is 15.9 Å². The van der Waals surface area contributed by atoms with Gasteiger partial charge in [0, 0.05) is 37.5 Å². The molecule has 0 fully saturated rings. The fraction of sp³-hybridized carbons (Fsp3) is 0.241. The van der Waals surface area contributed by atoms with E-state index in [0.717, 1.165) is 15.6 Å². The zero-order valence-electron chi connectivity index (χ0n) is 20.5. The number of likely N-dealkylation sites (N-methyl/N-ethyl adjacent to an activating group) is 1. The van der Waals surface area contributed by atoms with Gasteiger partial charge in [-0.15, -0.1) is 0 Å². The van der Waals surface area contributed by atoms with Gasteiger partial charge in [0.25, 0.3) is 11.8 Å². The molecule has 4 rings (SSSR count). The third-order valence-corrected chi connectivity index (χ3v) is 6.96. The van der Waals surface area contributed by atoms with Crippen LogP contribution in [0.1, 0.15) is 44.7 Å². The lowest BCUT2D eigenvalue weighted by Gasteiger charge is -2.31. The Labute approximate surface area is 224 Å². The molecule has 0 saturated heterocycles. The summed E-state index contributed by atoms with van der Waals surface area (Å²) in [4.78, 5) is 54.7. The number of hydrogen-bond donors (Lipinski definition) is 1. The summed E-state index contributed by atoms with van der Waals surface area (Å²) < 4.78 is 0.919. The number of imide groups is 1. The van der Waals surface area contributed by atoms with Crippen molar-refractivity contribution in [1.29, 1.82) is 0 Å². The Kier molecular flexibility index (Phi) is 8.50. The molecule has 190 valence electrons. The van der Waals surface area contributed by atoms with Crippen LogP contribution in [0.25, 0.3) is 0 Å². The number of halogens is 1. The van der Waals surface area contributed by atoms with Gasteiger partial charge in [-0.05, 0) is 41.8 Å². The number of fused-ring (bicyclic) bond motifs is 1. The van der Waals surface area contributed by atoms with Crippen molar-refractivity contribution >= 4 is 39.6 Å². The highest BCUT2D eigenvalue weighted by molar-refractivity contribution is 9.10. The second kappa shape index (κ2) is 12.0. The summed E-state index contributed by atoms with van der Waals surface area (Å²) in [7, 11) is 1.56. The number of carbonyl (C=O) groups is 4. The van der Waals surface area contributed by atoms with Crippen molar-refractivity contribution in [2.45, 2.75) is 31.8 Å². The monoisotopic (exact) mass is 561 g/mol. The zero-order chi connectivity index (χ0) is 26.4. The number of benzene rings is 3. The highest BCUT2D eigenvalue weighted by atomic mass is 79.9. The molecule has 3 aromatic carbocycles. The summed E-state index contributed by atoms with van der Waals surface area (Å²) in [5, 5.41) is 2.70. The molecule has 1 aliphatic heterocycles. The minimum Gasteiger partial charge on any atom is -0.357 e. The number of nitrogens with zero attached hydrogens (tertiary/aromatic N) is 2. The van der Waals surface area contributed by atoms with Gasteiger partial charge in [-0.25, -0.2) is 0 Å². The number of hydrogen-bond acceptors (Lipinski definition) is 4. The van der Waals surface area contributed by atoms with E-state index in [4.69, 9.17) is 0 Å². The first kappa shape index (κ1) is 26.3. The Morgan fingerprint density at radius 3 is 2.05 bits per heavy atom. The van der Waals surface area contributed by atoms with Crippen molar-refractivity contribution < 1.29 is 19.2 Å². The first-order valence-corrected chi connectivity index (χ1v) is 12.9. The second-order valence-electron chi connectivity index (χ2n) is 8.88. The van der Waals surface area contributed by atoms with Gasteiger partial charge in [-0.1, -0.05) is 70.5 Å². The van der Waals surface area contributed by atoms with Gasteiger partial charge < -0.3 is 10.2 Å². The second-order valence-corrected chi connectivity index (χ2v) is 9.79. The summed E-state index contributed by atoms with van der Waals surface area (Å²) in [6.45, 7) is 0.386. The number of amides is 4. The van der Waals surface area contributed by atoms with Crippen LogP contribution in [0.2, 0.25) is 0 Å². The Balaban J connectivity index is 1.51. The van der Waals surface area contributed by atoms with Crippen LogP contribution in [-0.2, 0) is 22.6 Å². The van der Waals surface area contributed by atoms with Crippen molar-refractivity contribution in [2.24, 2.45) is 0 Å². The molecule has 0 bridgehead atoms. The molecule has 1 N–H and O–H groups in total. The van der Waals surface area contributed by atoms with Crippen molar-refractivity contribution in [3.63, 3.8) is 0 Å². The molecule has 7 nitrogen and oxygen atoms in total. The zero-order valence-corrected chi connectivity index (χ0v) is 22.1. The summed E-state index contributed by atoms with van der Waals surface area (Å²) in [5.41, 5.74) is 2.60. The van der Waals surface area contributed by atoms with Crippen molar-refractivity contribution in [2.75, 3.05) is 13.6 Å². The number of rotatable bonds is 10. The maximum atomic E-state index is 13.6. The fourth-order valence-electron chi connectivity index (χ4n) is 4.48. The lowest BCUT2D eigenvalue weighted by Crippen LogP contribution is -2.49. The smallest absolute Gasteiger partial charge is 0.261 e. The molecule has 1 atom stereocenters. The lowest BCUT2D eigenvalue weighted by atomic mass is 10.0. The van der Waals surface area contributed by atoms with E-state index in [0.29, 0.717) is 24.0 Å². The molecular weight excluding hydrogens is 534 g/mol. The molecule has 0 radical (unpaired) electrons. The highest BCUT2D eigenvalue weighted by Crippen LogP contribution is 2.23. The molecular formula is C29H28BrN3O4. The molecule has 0 aliphatic carbocycles. The third-order valence-electron chi connectivity index (χ3n) is 6.43. The minimum absolute atomic E-state index is 0.0895. The molecule has 1 aliphatic rings. The van der Waals surface area contributed by atoms with Gasteiger partial charge >= 0.3 is 0 Å². The van der Waals surface area contributed by atoms with E-state index >= 15 is 0 Å². The molecule has 0 aromatic heterocycles. The van der Waals surface area contributed by atoms with Crippen LogP contribution in [0.3, 0.4) is 0 Å². The average molecular weight is 562 g/mol. The van der Waals surface area contributed by atoms with Gasteiger partial charge in [-0.3, -0.25) is 24.1 Å². The highest BCUT2D eigenvalue weighted by Gasteiger charge is 2.35. The summed E-state index contributed by atoms with van der Waals surface area (Å²) >= 11 is 3.43. The maximum absolute atomic E-state index is 13.6. The average Bonchev–Trinajstić information content (AvgIpc) is 3.16. The van der Waals surface area contributed by atoms with Crippen LogP contribution in [-0.4, -0.2) is 53.1 Å². The predicted molar refractivity (Wildman–Crippen MR) is 144 cm³/mol. The third kappa shape index (κ3) is 6.14. The first-order valence-electron chi connectivity index (χ1n) is 12.1. The SMILES string of the molecule is CNC(=O)C(Cc1ccccc1)N(Cc1ccc(Br)cc1)C(=O)CCCN1C(=O)c2ccccc2C1=O. The van der Waals surface area contributed by atoms with E-state index in [1.165, 1.54) is 4.90 Å². The Morgan fingerprint density at radius 1 is 0.865 bits per heavy atom. The molecule has 37 heavy (non-hydrogen) atoms. The van der Waals surface area contributed by atoms with Crippen LogP contribution in [0.4, 0.5) is 0 Å². The predicted octanol–water partition coefficient (Wildman–Crippen LogP) is 4.21. The molecule has 0 spiro atoms. The van der Waals surface area contributed by atoms with Crippen molar-refractivity contribution in [1.82, 2.24) is 15.1 Å². The maximum Gasteiger partial charge on any atom is 0.261 e. The summed E-state index contributed by atoms with van der Waals surface area (Å²) in [6.07, 6.45) is 0.750. The molecule has 4 amide bonds. The quantitative estimate of drug-likeness (QED) is 0.375. The van der Waals surface area contributed by atoms with E-state index in [1.807, 2.05) is 54.6 Å². The van der Waals surface area contributed by atoms with Gasteiger partial charge in [0.05, 0.1) is 11.1 Å². The van der Waals surface area contributed by atoms with E-state index in [2.05, 4.69) is 21.2 Å². The van der Waals surface area contributed by atoms with Crippen molar-refractivity contribution in [3.8, 4) is 0 Å². The summed E-state index contributed by atoms with van der Waals surface area (Å²) in [5.74, 6) is -1.15. The largest absolute Gasteiger partial charge is 0.357 e.